The van der Waals surface area contributed by atoms with Crippen LogP contribution in [0.4, 0.5) is 0 Å². The molecule has 0 saturated carbocycles. The van der Waals surface area contributed by atoms with Crippen LogP contribution in [-0.2, 0) is 0 Å². The standard InChI is InChI=1S/C14H17N5O.2ClH/c20-14(18-12-4-2-6-15-8-12)11-3-1-5-13(7-11)19-10-16-9-17-19;;/h1,3,5,7,9-10,12,15H,2,4,6,8H2,(H,18,20);2*1H/t12-;;/m0../s1. The van der Waals surface area contributed by atoms with E-state index in [1.165, 1.54) is 6.33 Å². The molecule has 2 heterocycles. The van der Waals surface area contributed by atoms with E-state index in [1.807, 2.05) is 24.3 Å². The molecule has 0 bridgehead atoms. The fraction of sp³-hybridized carbons (Fsp3) is 0.357. The molecule has 1 atom stereocenters. The first kappa shape index (κ1) is 18.4. The van der Waals surface area contributed by atoms with E-state index < -0.39 is 0 Å². The Balaban J connectivity index is 0.00000121. The summed E-state index contributed by atoms with van der Waals surface area (Å²) in [6, 6.07) is 7.59. The number of hydrogen-bond donors (Lipinski definition) is 2. The van der Waals surface area contributed by atoms with Crippen LogP contribution in [0.25, 0.3) is 5.69 Å². The highest BCUT2D eigenvalue weighted by atomic mass is 35.5. The van der Waals surface area contributed by atoms with E-state index in [2.05, 4.69) is 20.7 Å². The molecule has 1 aliphatic heterocycles. The molecule has 1 aromatic heterocycles. The summed E-state index contributed by atoms with van der Waals surface area (Å²) in [5.74, 6) is -0.0411. The number of benzene rings is 1. The van der Waals surface area contributed by atoms with Crippen LogP contribution < -0.4 is 10.6 Å². The molecule has 1 saturated heterocycles. The summed E-state index contributed by atoms with van der Waals surface area (Å²) in [7, 11) is 0. The van der Waals surface area contributed by atoms with Gasteiger partial charge in [-0.2, -0.15) is 5.10 Å². The molecule has 1 amide bonds. The van der Waals surface area contributed by atoms with Crippen molar-refractivity contribution in [3.8, 4) is 5.69 Å². The van der Waals surface area contributed by atoms with Gasteiger partial charge in [0.25, 0.3) is 5.91 Å². The van der Waals surface area contributed by atoms with Gasteiger partial charge in [-0.05, 0) is 37.6 Å². The fourth-order valence-corrected chi connectivity index (χ4v) is 2.37. The molecule has 2 aromatic rings. The van der Waals surface area contributed by atoms with Gasteiger partial charge < -0.3 is 10.6 Å². The van der Waals surface area contributed by atoms with Crippen molar-refractivity contribution in [2.45, 2.75) is 18.9 Å². The quantitative estimate of drug-likeness (QED) is 0.887. The second kappa shape index (κ2) is 8.73. The lowest BCUT2D eigenvalue weighted by molar-refractivity contribution is 0.0930. The van der Waals surface area contributed by atoms with Gasteiger partial charge in [-0.1, -0.05) is 6.07 Å². The number of rotatable bonds is 3. The van der Waals surface area contributed by atoms with E-state index in [1.54, 1.807) is 11.0 Å². The van der Waals surface area contributed by atoms with Crippen LogP contribution in [0, 0.1) is 0 Å². The largest absolute Gasteiger partial charge is 0.348 e. The van der Waals surface area contributed by atoms with Crippen molar-refractivity contribution in [1.82, 2.24) is 25.4 Å². The van der Waals surface area contributed by atoms with Gasteiger partial charge in [0.1, 0.15) is 12.7 Å². The van der Waals surface area contributed by atoms with Gasteiger partial charge in [-0.15, -0.1) is 24.8 Å². The zero-order valence-electron chi connectivity index (χ0n) is 11.9. The third kappa shape index (κ3) is 4.43. The lowest BCUT2D eigenvalue weighted by Gasteiger charge is -2.23. The fourth-order valence-electron chi connectivity index (χ4n) is 2.37. The molecule has 8 heteroatoms. The average molecular weight is 344 g/mol. The molecule has 0 radical (unpaired) electrons. The number of halogens is 2. The third-order valence-electron chi connectivity index (χ3n) is 3.42. The first-order valence-corrected chi connectivity index (χ1v) is 6.79. The lowest BCUT2D eigenvalue weighted by Crippen LogP contribution is -2.45. The summed E-state index contributed by atoms with van der Waals surface area (Å²) >= 11 is 0. The van der Waals surface area contributed by atoms with Gasteiger partial charge >= 0.3 is 0 Å². The van der Waals surface area contributed by atoms with Crippen LogP contribution in [0.1, 0.15) is 23.2 Å². The van der Waals surface area contributed by atoms with Crippen LogP contribution >= 0.6 is 24.8 Å². The number of carbonyl (C=O) groups is 1. The van der Waals surface area contributed by atoms with Crippen LogP contribution in [0.15, 0.2) is 36.9 Å². The van der Waals surface area contributed by atoms with Crippen molar-refractivity contribution in [2.24, 2.45) is 0 Å². The first-order chi connectivity index (χ1) is 9.83. The molecular formula is C14H19Cl2N5O. The van der Waals surface area contributed by atoms with Crippen molar-refractivity contribution in [3.63, 3.8) is 0 Å². The molecule has 120 valence electrons. The summed E-state index contributed by atoms with van der Waals surface area (Å²) in [6.07, 6.45) is 5.22. The lowest BCUT2D eigenvalue weighted by atomic mass is 10.1. The molecule has 1 aromatic carbocycles. The van der Waals surface area contributed by atoms with Gasteiger partial charge in [0.2, 0.25) is 0 Å². The minimum atomic E-state index is -0.0411. The van der Waals surface area contributed by atoms with Gasteiger partial charge in [-0.25, -0.2) is 9.67 Å². The number of aromatic nitrogens is 3. The maximum absolute atomic E-state index is 12.3. The Morgan fingerprint density at radius 1 is 1.36 bits per heavy atom. The number of hydrogen-bond acceptors (Lipinski definition) is 4. The second-order valence-corrected chi connectivity index (χ2v) is 4.91. The van der Waals surface area contributed by atoms with Crippen LogP contribution in [0.5, 0.6) is 0 Å². The van der Waals surface area contributed by atoms with E-state index >= 15 is 0 Å². The summed E-state index contributed by atoms with van der Waals surface area (Å²) in [4.78, 5) is 16.2. The normalized spacial score (nSPS) is 17.0. The molecule has 2 N–H and O–H groups in total. The highest BCUT2D eigenvalue weighted by Gasteiger charge is 2.16. The van der Waals surface area contributed by atoms with E-state index in [0.29, 0.717) is 5.56 Å². The highest BCUT2D eigenvalue weighted by Crippen LogP contribution is 2.10. The number of nitrogens with one attached hydrogen (secondary N) is 2. The molecule has 3 rings (SSSR count). The van der Waals surface area contributed by atoms with Crippen LogP contribution in [0.3, 0.4) is 0 Å². The minimum Gasteiger partial charge on any atom is -0.348 e. The second-order valence-electron chi connectivity index (χ2n) is 4.91. The van der Waals surface area contributed by atoms with Crippen LogP contribution in [0.2, 0.25) is 0 Å². The Kier molecular flexibility index (Phi) is 7.31. The topological polar surface area (TPSA) is 71.8 Å². The SMILES string of the molecule is Cl.Cl.O=C(N[C@H]1CCCNC1)c1cccc(-n2cncn2)c1. The smallest absolute Gasteiger partial charge is 0.251 e. The van der Waals surface area contributed by atoms with E-state index in [-0.39, 0.29) is 36.8 Å². The molecule has 22 heavy (non-hydrogen) atoms. The number of amides is 1. The Hall–Kier alpha value is -1.63. The Morgan fingerprint density at radius 3 is 2.91 bits per heavy atom. The number of nitrogens with zero attached hydrogens (tertiary/aromatic N) is 3. The number of piperidine rings is 1. The Labute approximate surface area is 141 Å². The molecule has 6 nitrogen and oxygen atoms in total. The molecule has 0 aliphatic carbocycles. The van der Waals surface area contributed by atoms with E-state index in [9.17, 15) is 4.79 Å². The molecule has 1 aliphatic rings. The Bertz CT molecular complexity index is 585. The van der Waals surface area contributed by atoms with Crippen molar-refractivity contribution < 1.29 is 4.79 Å². The van der Waals surface area contributed by atoms with E-state index in [4.69, 9.17) is 0 Å². The highest BCUT2D eigenvalue weighted by molar-refractivity contribution is 5.94. The molecule has 0 spiro atoms. The summed E-state index contributed by atoms with van der Waals surface area (Å²) < 4.78 is 1.64. The van der Waals surface area contributed by atoms with Crippen molar-refractivity contribution in [1.29, 1.82) is 0 Å². The van der Waals surface area contributed by atoms with Gasteiger partial charge in [0.15, 0.2) is 0 Å². The van der Waals surface area contributed by atoms with Gasteiger partial charge in [0.05, 0.1) is 5.69 Å². The van der Waals surface area contributed by atoms with Gasteiger partial charge in [0, 0.05) is 18.2 Å². The Morgan fingerprint density at radius 2 is 2.23 bits per heavy atom. The minimum absolute atomic E-state index is 0. The predicted molar refractivity (Wildman–Crippen MR) is 89.2 cm³/mol. The monoisotopic (exact) mass is 343 g/mol. The van der Waals surface area contributed by atoms with Crippen molar-refractivity contribution in [2.75, 3.05) is 13.1 Å². The summed E-state index contributed by atoms with van der Waals surface area (Å²) in [6.45, 7) is 1.88. The van der Waals surface area contributed by atoms with E-state index in [0.717, 1.165) is 31.6 Å². The zero-order valence-corrected chi connectivity index (χ0v) is 13.6. The maximum atomic E-state index is 12.3. The molecule has 1 fully saturated rings. The predicted octanol–water partition coefficient (Wildman–Crippen LogP) is 1.59. The summed E-state index contributed by atoms with van der Waals surface area (Å²) in [5.41, 5.74) is 1.47. The average Bonchev–Trinajstić information content (AvgIpc) is 3.03. The van der Waals surface area contributed by atoms with Crippen LogP contribution in [-0.4, -0.2) is 39.8 Å². The maximum Gasteiger partial charge on any atom is 0.251 e. The summed E-state index contributed by atoms with van der Waals surface area (Å²) in [5, 5.41) is 10.4. The van der Waals surface area contributed by atoms with Gasteiger partial charge in [-0.3, -0.25) is 4.79 Å². The third-order valence-corrected chi connectivity index (χ3v) is 3.42. The first-order valence-electron chi connectivity index (χ1n) is 6.79. The molecule has 0 unspecified atom stereocenters. The van der Waals surface area contributed by atoms with Crippen molar-refractivity contribution in [3.05, 3.63) is 42.5 Å². The molecular weight excluding hydrogens is 325 g/mol. The number of carbonyl (C=O) groups excluding carboxylic acids is 1. The van der Waals surface area contributed by atoms with Crippen molar-refractivity contribution >= 4 is 30.7 Å². The zero-order chi connectivity index (χ0) is 13.8.